The molecule has 0 saturated carbocycles. The van der Waals surface area contributed by atoms with Crippen LogP contribution in [0.3, 0.4) is 0 Å². The molecule has 25 heavy (non-hydrogen) atoms. The minimum Gasteiger partial charge on any atom is -0.377 e. The topological polar surface area (TPSA) is 332 Å². The highest BCUT2D eigenvalue weighted by Crippen LogP contribution is 2.51. The third-order valence-electron chi connectivity index (χ3n) is 3.41. The van der Waals surface area contributed by atoms with Crippen LogP contribution in [0.1, 0.15) is 0 Å². The molecular weight excluding hydrogens is 358 g/mol. The number of carbonyl (C=O) groups excluding carboxylic acids is 3. The fourth-order valence-corrected chi connectivity index (χ4v) is 2.48. The molecule has 2 unspecified atom stereocenters. The zero-order valence-corrected chi connectivity index (χ0v) is 12.0. The summed E-state index contributed by atoms with van der Waals surface area (Å²) < 4.78 is 0. The highest BCUT2D eigenvalue weighted by molar-refractivity contribution is 5.99. The lowest BCUT2D eigenvalue weighted by atomic mass is 9.60. The van der Waals surface area contributed by atoms with Crippen molar-refractivity contribution in [3.8, 4) is 0 Å². The van der Waals surface area contributed by atoms with Crippen LogP contribution < -0.4 is 17.2 Å². The number of hydrogen-bond acceptors (Lipinski definition) is 13. The highest BCUT2D eigenvalue weighted by Gasteiger charge is 2.84. The first-order valence-corrected chi connectivity index (χ1v) is 5.83. The second kappa shape index (κ2) is 6.07. The summed E-state index contributed by atoms with van der Waals surface area (Å²) in [6, 6.07) is 0. The zero-order valence-electron chi connectivity index (χ0n) is 12.0. The van der Waals surface area contributed by atoms with Gasteiger partial charge in [-0.3, -0.25) is 14.4 Å². The lowest BCUT2D eigenvalue weighted by Gasteiger charge is -2.52. The van der Waals surface area contributed by atoms with E-state index in [2.05, 4.69) is 17.2 Å². The number of hydrogen-bond donors (Lipinski definition) is 13. The Kier molecular flexibility index (Phi) is 5.59. The Hall–Kier alpha value is -1.99. The fourth-order valence-electron chi connectivity index (χ4n) is 2.48. The molecule has 0 aromatic rings. The SMILES string of the molecule is NC(=O)C(C(O)(O)O)C(O)(C(N)=O)C(C(N)=O)(C(O)(O)O)C(O)(O)O. The molecule has 0 aliphatic carbocycles. The van der Waals surface area contributed by atoms with Gasteiger partial charge >= 0.3 is 11.9 Å². The van der Waals surface area contributed by atoms with Crippen molar-refractivity contribution in [3.05, 3.63) is 0 Å². The average molecular weight is 375 g/mol. The van der Waals surface area contributed by atoms with Gasteiger partial charge in [-0.15, -0.1) is 0 Å². The Morgan fingerprint density at radius 3 is 1.08 bits per heavy atom. The largest absolute Gasteiger partial charge is 0.377 e. The smallest absolute Gasteiger partial charge is 0.302 e. The number of aliphatic hydroxyl groups is 10. The van der Waals surface area contributed by atoms with Crippen LogP contribution in [0.2, 0.25) is 0 Å². The molecule has 0 heterocycles. The number of nitrogens with two attached hydrogens (primary N) is 3. The van der Waals surface area contributed by atoms with Crippen molar-refractivity contribution < 1.29 is 65.4 Å². The van der Waals surface area contributed by atoms with Crippen LogP contribution in [-0.2, 0) is 14.4 Å². The zero-order chi connectivity index (χ0) is 20.8. The molecule has 0 aliphatic rings. The van der Waals surface area contributed by atoms with Crippen molar-refractivity contribution in [2.75, 3.05) is 0 Å². The lowest BCUT2D eigenvalue weighted by Crippen LogP contribution is -2.84. The molecule has 2 atom stereocenters. The van der Waals surface area contributed by atoms with Crippen molar-refractivity contribution in [2.24, 2.45) is 28.5 Å². The van der Waals surface area contributed by atoms with E-state index in [9.17, 15) is 50.1 Å². The Balaban J connectivity index is 7.51. The van der Waals surface area contributed by atoms with Gasteiger partial charge in [0.05, 0.1) is 0 Å². The summed E-state index contributed by atoms with van der Waals surface area (Å²) in [7, 11) is 0. The predicted molar refractivity (Wildman–Crippen MR) is 66.6 cm³/mol. The summed E-state index contributed by atoms with van der Waals surface area (Å²) in [5, 5.41) is 93.3. The van der Waals surface area contributed by atoms with Crippen LogP contribution in [-0.4, -0.2) is 92.3 Å². The number of carbonyl (C=O) groups is 3. The first-order valence-electron chi connectivity index (χ1n) is 5.83. The van der Waals surface area contributed by atoms with E-state index in [4.69, 9.17) is 15.3 Å². The molecule has 0 saturated heterocycles. The Morgan fingerprint density at radius 1 is 0.640 bits per heavy atom. The third-order valence-corrected chi connectivity index (χ3v) is 3.41. The van der Waals surface area contributed by atoms with Crippen LogP contribution in [0.5, 0.6) is 0 Å². The highest BCUT2D eigenvalue weighted by atomic mass is 16.7. The molecule has 0 aromatic carbocycles. The van der Waals surface area contributed by atoms with Crippen molar-refractivity contribution in [3.63, 3.8) is 0 Å². The van der Waals surface area contributed by atoms with Gasteiger partial charge < -0.3 is 68.3 Å². The van der Waals surface area contributed by atoms with Gasteiger partial charge in [-0.1, -0.05) is 0 Å². The molecule has 16 N–H and O–H groups in total. The first-order chi connectivity index (χ1) is 10.7. The van der Waals surface area contributed by atoms with E-state index in [0.717, 1.165) is 0 Å². The van der Waals surface area contributed by atoms with Crippen molar-refractivity contribution >= 4 is 17.7 Å². The molecule has 16 nitrogen and oxygen atoms in total. The summed E-state index contributed by atoms with van der Waals surface area (Å²) in [5.41, 5.74) is 3.96. The Bertz CT molecular complexity index is 557. The second-order valence-corrected chi connectivity index (χ2v) is 5.04. The molecular formula is C9H17N3O13. The standard InChI is InChI=1S/C9H17N3O13/c10-2(13)1(7(17,18)19)5(16,3(11)14)6(4(12)15,8(20,21)22)9(23,24)25/h1,16-25H,(H2,10,13)(H2,11,14)(H2,12,15). The normalized spacial score (nSPS) is 17.5. The maximum absolute atomic E-state index is 11.6. The van der Waals surface area contributed by atoms with Gasteiger partial charge in [0.15, 0.2) is 11.5 Å². The van der Waals surface area contributed by atoms with Gasteiger partial charge in [0.25, 0.3) is 11.9 Å². The molecule has 0 aromatic heterocycles. The minimum atomic E-state index is -5.10. The number of primary amides is 3. The lowest BCUT2D eigenvalue weighted by molar-refractivity contribution is -0.496. The molecule has 16 heteroatoms. The fraction of sp³-hybridized carbons (Fsp3) is 0.667. The quantitative estimate of drug-likeness (QED) is 0.175. The van der Waals surface area contributed by atoms with Crippen LogP contribution in [0.15, 0.2) is 0 Å². The van der Waals surface area contributed by atoms with Crippen LogP contribution in [0.4, 0.5) is 0 Å². The van der Waals surface area contributed by atoms with E-state index in [1.165, 1.54) is 0 Å². The third kappa shape index (κ3) is 3.14. The Labute approximate surface area is 136 Å². The molecule has 0 aliphatic heterocycles. The monoisotopic (exact) mass is 375 g/mol. The van der Waals surface area contributed by atoms with Gasteiger partial charge in [-0.05, 0) is 0 Å². The van der Waals surface area contributed by atoms with Gasteiger partial charge in [-0.2, -0.15) is 0 Å². The second-order valence-electron chi connectivity index (χ2n) is 5.04. The molecule has 0 bridgehead atoms. The van der Waals surface area contributed by atoms with Crippen LogP contribution in [0, 0.1) is 11.3 Å². The maximum Gasteiger partial charge on any atom is 0.302 e. The van der Waals surface area contributed by atoms with E-state index in [1.807, 2.05) is 0 Å². The maximum atomic E-state index is 11.6. The summed E-state index contributed by atoms with van der Waals surface area (Å²) in [5.74, 6) is -26.3. The van der Waals surface area contributed by atoms with Gasteiger partial charge in [0, 0.05) is 0 Å². The van der Waals surface area contributed by atoms with Crippen molar-refractivity contribution in [2.45, 2.75) is 23.5 Å². The summed E-state index contributed by atoms with van der Waals surface area (Å²) >= 11 is 0. The van der Waals surface area contributed by atoms with Gasteiger partial charge in [-0.25, -0.2) is 0 Å². The average Bonchev–Trinajstić information content (AvgIpc) is 2.20. The number of rotatable bonds is 8. The first kappa shape index (κ1) is 23.0. The van der Waals surface area contributed by atoms with Crippen molar-refractivity contribution in [1.29, 1.82) is 0 Å². The van der Waals surface area contributed by atoms with E-state index < -0.39 is 52.6 Å². The minimum absolute atomic E-state index is 2.34. The van der Waals surface area contributed by atoms with Gasteiger partial charge in [0.2, 0.25) is 17.2 Å². The molecule has 0 radical (unpaired) electrons. The summed E-state index contributed by atoms with van der Waals surface area (Å²) in [4.78, 5) is 34.6. The van der Waals surface area contributed by atoms with E-state index >= 15 is 0 Å². The van der Waals surface area contributed by atoms with Gasteiger partial charge in [0.1, 0.15) is 0 Å². The molecule has 3 amide bonds. The van der Waals surface area contributed by atoms with E-state index in [1.54, 1.807) is 0 Å². The van der Waals surface area contributed by atoms with E-state index in [-0.39, 0.29) is 0 Å². The molecule has 0 fully saturated rings. The van der Waals surface area contributed by atoms with Crippen molar-refractivity contribution in [1.82, 2.24) is 0 Å². The summed E-state index contributed by atoms with van der Waals surface area (Å²) in [6.45, 7) is 0. The van der Waals surface area contributed by atoms with Crippen LogP contribution >= 0.6 is 0 Å². The number of amides is 3. The Morgan fingerprint density at radius 2 is 0.960 bits per heavy atom. The van der Waals surface area contributed by atoms with Crippen LogP contribution in [0.25, 0.3) is 0 Å². The molecule has 0 rings (SSSR count). The summed E-state index contributed by atoms with van der Waals surface area (Å²) in [6.07, 6.45) is 0. The molecule has 0 spiro atoms. The van der Waals surface area contributed by atoms with E-state index in [0.29, 0.717) is 0 Å². The predicted octanol–water partition coefficient (Wildman–Crippen LogP) is -9.33. The molecule has 146 valence electrons.